The average molecular weight is 474 g/mol. The zero-order chi connectivity index (χ0) is 25.0. The smallest absolute Gasteiger partial charge is 0.337 e. The van der Waals surface area contributed by atoms with Crippen molar-refractivity contribution in [2.45, 2.75) is 65.9 Å². The molecule has 0 amide bonds. The lowest BCUT2D eigenvalue weighted by atomic mass is 9.68. The van der Waals surface area contributed by atoms with E-state index in [2.05, 4.69) is 26.1 Å². The largest absolute Gasteiger partial charge is 0.493 e. The normalized spacial score (nSPS) is 19.2. The summed E-state index contributed by atoms with van der Waals surface area (Å²) in [6, 6.07) is 17.4. The van der Waals surface area contributed by atoms with Crippen molar-refractivity contribution in [1.82, 2.24) is 5.32 Å². The second-order valence-corrected chi connectivity index (χ2v) is 10.2. The Morgan fingerprint density at radius 1 is 1.06 bits per heavy atom. The predicted octanol–water partition coefficient (Wildman–Crippen LogP) is 6.21. The Kier molecular flexibility index (Phi) is 7.44. The molecule has 2 aromatic rings. The molecule has 2 aromatic carbocycles. The highest BCUT2D eigenvalue weighted by molar-refractivity contribution is 6.04. The minimum Gasteiger partial charge on any atom is -0.493 e. The van der Waals surface area contributed by atoms with Crippen LogP contribution in [-0.4, -0.2) is 18.4 Å². The Labute approximate surface area is 208 Å². The van der Waals surface area contributed by atoms with E-state index in [0.717, 1.165) is 41.8 Å². The van der Waals surface area contributed by atoms with Gasteiger partial charge in [-0.1, -0.05) is 75.7 Å². The molecule has 5 heteroatoms. The monoisotopic (exact) mass is 473 g/mol. The zero-order valence-corrected chi connectivity index (χ0v) is 21.1. The summed E-state index contributed by atoms with van der Waals surface area (Å²) in [7, 11) is 0. The number of para-hydroxylation sites is 1. The van der Waals surface area contributed by atoms with Gasteiger partial charge in [-0.3, -0.25) is 4.79 Å². The van der Waals surface area contributed by atoms with Gasteiger partial charge in [0.2, 0.25) is 0 Å². The van der Waals surface area contributed by atoms with Crippen molar-refractivity contribution in [3.05, 3.63) is 88.3 Å². The fourth-order valence-corrected chi connectivity index (χ4v) is 5.00. The van der Waals surface area contributed by atoms with E-state index in [9.17, 15) is 9.59 Å². The molecule has 0 bridgehead atoms. The van der Waals surface area contributed by atoms with E-state index >= 15 is 0 Å². The van der Waals surface area contributed by atoms with Crippen LogP contribution in [-0.2, 0) is 20.9 Å². The molecule has 4 rings (SSSR count). The zero-order valence-electron chi connectivity index (χ0n) is 21.1. The number of carbonyl (C=O) groups is 2. The third-order valence-electron chi connectivity index (χ3n) is 6.66. The van der Waals surface area contributed by atoms with E-state index in [-0.39, 0.29) is 17.8 Å². The molecule has 5 nitrogen and oxygen atoms in total. The summed E-state index contributed by atoms with van der Waals surface area (Å²) in [5, 5.41) is 3.40. The first kappa shape index (κ1) is 24.8. The van der Waals surface area contributed by atoms with Crippen LogP contribution in [0.2, 0.25) is 0 Å². The first-order valence-electron chi connectivity index (χ1n) is 12.5. The van der Waals surface area contributed by atoms with Gasteiger partial charge >= 0.3 is 5.97 Å². The molecule has 1 aliphatic carbocycles. The minimum absolute atomic E-state index is 0.0676. The molecule has 1 atom stereocenters. The summed E-state index contributed by atoms with van der Waals surface area (Å²) >= 11 is 0. The van der Waals surface area contributed by atoms with Gasteiger partial charge < -0.3 is 14.8 Å². The number of hydrogen-bond donors (Lipinski definition) is 1. The van der Waals surface area contributed by atoms with Gasteiger partial charge in [0.05, 0.1) is 18.1 Å². The molecule has 0 aromatic heterocycles. The molecule has 35 heavy (non-hydrogen) atoms. The standard InChI is InChI=1S/C30H35NO4/c1-5-6-16-34-25-15-11-10-14-22(25)27-26(29(33)35-19-21-12-8-7-9-13-21)20(2)31-23-17-30(3,4)18-24(32)28(23)27/h7-15,27,31H,5-6,16-19H2,1-4H3/t27-/m0/s1. The Bertz CT molecular complexity index is 1160. The first-order chi connectivity index (χ1) is 16.8. The summed E-state index contributed by atoms with van der Waals surface area (Å²) in [4.78, 5) is 27.1. The Balaban J connectivity index is 1.75. The van der Waals surface area contributed by atoms with Crippen LogP contribution in [0.4, 0.5) is 0 Å². The summed E-state index contributed by atoms with van der Waals surface area (Å²) < 4.78 is 11.9. The number of allylic oxidation sites excluding steroid dienone is 3. The molecule has 0 spiro atoms. The predicted molar refractivity (Wildman–Crippen MR) is 137 cm³/mol. The van der Waals surface area contributed by atoms with Gasteiger partial charge in [0, 0.05) is 29.0 Å². The number of benzene rings is 2. The molecule has 1 aliphatic heterocycles. The summed E-state index contributed by atoms with van der Waals surface area (Å²) in [5.41, 5.74) is 4.36. The maximum absolute atomic E-state index is 13.6. The molecular weight excluding hydrogens is 438 g/mol. The van der Waals surface area contributed by atoms with Gasteiger partial charge in [-0.2, -0.15) is 0 Å². The van der Waals surface area contributed by atoms with Gasteiger partial charge in [0.15, 0.2) is 5.78 Å². The van der Waals surface area contributed by atoms with E-state index in [4.69, 9.17) is 9.47 Å². The third kappa shape index (κ3) is 5.50. The van der Waals surface area contributed by atoms with Crippen LogP contribution in [0.3, 0.4) is 0 Å². The molecule has 2 aliphatic rings. The first-order valence-corrected chi connectivity index (χ1v) is 12.5. The summed E-state index contributed by atoms with van der Waals surface area (Å²) in [6.07, 6.45) is 3.14. The molecule has 1 N–H and O–H groups in total. The van der Waals surface area contributed by atoms with E-state index in [1.54, 1.807) is 0 Å². The molecule has 0 radical (unpaired) electrons. The molecule has 0 saturated carbocycles. The van der Waals surface area contributed by atoms with Crippen molar-refractivity contribution in [3.63, 3.8) is 0 Å². The van der Waals surface area contributed by atoms with Crippen LogP contribution < -0.4 is 10.1 Å². The topological polar surface area (TPSA) is 64.6 Å². The van der Waals surface area contributed by atoms with Crippen LogP contribution in [0, 0.1) is 5.41 Å². The minimum atomic E-state index is -0.532. The molecule has 0 fully saturated rings. The maximum atomic E-state index is 13.6. The second kappa shape index (κ2) is 10.5. The van der Waals surface area contributed by atoms with Gasteiger partial charge in [-0.25, -0.2) is 4.79 Å². The fraction of sp³-hybridized carbons (Fsp3) is 0.400. The highest BCUT2D eigenvalue weighted by atomic mass is 16.5. The lowest BCUT2D eigenvalue weighted by molar-refractivity contribution is -0.140. The number of esters is 1. The molecule has 0 saturated heterocycles. The van der Waals surface area contributed by atoms with Crippen molar-refractivity contribution in [2.75, 3.05) is 6.61 Å². The highest BCUT2D eigenvalue weighted by Gasteiger charge is 2.44. The SMILES string of the molecule is CCCCOc1ccccc1[C@H]1C(C(=O)OCc2ccccc2)=C(C)NC2=C1C(=O)CC(C)(C)C2. The molecular formula is C30H35NO4. The number of Topliss-reactive ketones (excluding diaryl/α,β-unsaturated/α-hetero) is 1. The lowest BCUT2D eigenvalue weighted by Gasteiger charge is -2.39. The fourth-order valence-electron chi connectivity index (χ4n) is 5.00. The number of carbonyl (C=O) groups excluding carboxylic acids is 2. The number of dihydropyridines is 1. The van der Waals surface area contributed by atoms with Crippen molar-refractivity contribution < 1.29 is 19.1 Å². The van der Waals surface area contributed by atoms with Crippen molar-refractivity contribution in [3.8, 4) is 5.75 Å². The molecule has 1 heterocycles. The number of unbranched alkanes of at least 4 members (excludes halogenated alkanes) is 1. The van der Waals surface area contributed by atoms with Gasteiger partial charge in [-0.15, -0.1) is 0 Å². The number of ether oxygens (including phenoxy) is 2. The number of rotatable bonds is 8. The van der Waals surface area contributed by atoms with Crippen LogP contribution in [0.1, 0.15) is 70.4 Å². The van der Waals surface area contributed by atoms with E-state index in [1.807, 2.05) is 61.5 Å². The quantitative estimate of drug-likeness (QED) is 0.365. The van der Waals surface area contributed by atoms with Gasteiger partial charge in [0.1, 0.15) is 12.4 Å². The Hall–Kier alpha value is -3.34. The number of hydrogen-bond acceptors (Lipinski definition) is 5. The Morgan fingerprint density at radius 3 is 2.51 bits per heavy atom. The number of ketones is 1. The summed E-state index contributed by atoms with van der Waals surface area (Å²) in [6.45, 7) is 8.98. The highest BCUT2D eigenvalue weighted by Crippen LogP contribution is 2.48. The second-order valence-electron chi connectivity index (χ2n) is 10.2. The van der Waals surface area contributed by atoms with Gasteiger partial charge in [-0.05, 0) is 36.8 Å². The van der Waals surface area contributed by atoms with Crippen molar-refractivity contribution >= 4 is 11.8 Å². The van der Waals surface area contributed by atoms with Crippen LogP contribution in [0.25, 0.3) is 0 Å². The van der Waals surface area contributed by atoms with Crippen LogP contribution in [0.15, 0.2) is 77.1 Å². The van der Waals surface area contributed by atoms with Crippen LogP contribution in [0.5, 0.6) is 5.75 Å². The molecule has 184 valence electrons. The average Bonchev–Trinajstić information content (AvgIpc) is 2.82. The third-order valence-corrected chi connectivity index (χ3v) is 6.66. The van der Waals surface area contributed by atoms with E-state index < -0.39 is 11.9 Å². The van der Waals surface area contributed by atoms with Crippen molar-refractivity contribution in [2.24, 2.45) is 5.41 Å². The number of nitrogens with one attached hydrogen (secondary N) is 1. The lowest BCUT2D eigenvalue weighted by Crippen LogP contribution is -2.38. The van der Waals surface area contributed by atoms with E-state index in [0.29, 0.717) is 29.9 Å². The van der Waals surface area contributed by atoms with Gasteiger partial charge in [0.25, 0.3) is 0 Å². The Morgan fingerprint density at radius 2 is 1.77 bits per heavy atom. The van der Waals surface area contributed by atoms with Crippen LogP contribution >= 0.6 is 0 Å². The maximum Gasteiger partial charge on any atom is 0.337 e. The van der Waals surface area contributed by atoms with Crippen molar-refractivity contribution in [1.29, 1.82) is 0 Å². The van der Waals surface area contributed by atoms with E-state index in [1.165, 1.54) is 0 Å². The molecule has 0 unspecified atom stereocenters. The summed E-state index contributed by atoms with van der Waals surface area (Å²) in [5.74, 6) is -0.177.